The van der Waals surface area contributed by atoms with Crippen LogP contribution < -0.4 is 10.1 Å². The SMILES string of the molecule is O=S(=O)(c1ccc(Cl)cc1)c1ccc(OCCC2CCCCN2)cc1. The molecule has 0 aromatic heterocycles. The van der Waals surface area contributed by atoms with Crippen molar-refractivity contribution in [3.63, 3.8) is 0 Å². The van der Waals surface area contributed by atoms with Crippen molar-refractivity contribution in [3.8, 4) is 5.75 Å². The van der Waals surface area contributed by atoms with Gasteiger partial charge in [-0.05, 0) is 74.3 Å². The average molecular weight is 380 g/mol. The molecule has 0 radical (unpaired) electrons. The second-order valence-corrected chi connectivity index (χ2v) is 8.60. The first kappa shape index (κ1) is 18.2. The third-order valence-corrected chi connectivity index (χ3v) is 6.44. The molecular weight excluding hydrogens is 358 g/mol. The van der Waals surface area contributed by atoms with Gasteiger partial charge in [-0.2, -0.15) is 0 Å². The van der Waals surface area contributed by atoms with Gasteiger partial charge in [0.05, 0.1) is 16.4 Å². The van der Waals surface area contributed by atoms with Gasteiger partial charge in [-0.25, -0.2) is 8.42 Å². The second kappa shape index (κ2) is 8.21. The molecule has 0 amide bonds. The molecule has 1 aliphatic heterocycles. The molecule has 4 nitrogen and oxygen atoms in total. The van der Waals surface area contributed by atoms with Gasteiger partial charge in [-0.15, -0.1) is 0 Å². The Hall–Kier alpha value is -1.56. The topological polar surface area (TPSA) is 55.4 Å². The number of sulfone groups is 1. The molecule has 1 saturated heterocycles. The van der Waals surface area contributed by atoms with Crippen LogP contribution in [0.4, 0.5) is 0 Å². The number of ether oxygens (including phenoxy) is 1. The fourth-order valence-electron chi connectivity index (χ4n) is 2.95. The highest BCUT2D eigenvalue weighted by atomic mass is 35.5. The minimum absolute atomic E-state index is 0.231. The molecule has 2 aromatic rings. The number of piperidine rings is 1. The van der Waals surface area contributed by atoms with Gasteiger partial charge < -0.3 is 10.1 Å². The molecule has 25 heavy (non-hydrogen) atoms. The Morgan fingerprint density at radius 2 is 1.64 bits per heavy atom. The van der Waals surface area contributed by atoms with Crippen LogP contribution in [0.25, 0.3) is 0 Å². The van der Waals surface area contributed by atoms with Crippen molar-refractivity contribution in [1.82, 2.24) is 5.32 Å². The van der Waals surface area contributed by atoms with Crippen molar-refractivity contribution in [2.45, 2.75) is 41.5 Å². The average Bonchev–Trinajstić information content (AvgIpc) is 2.63. The molecule has 0 bridgehead atoms. The molecule has 1 unspecified atom stereocenters. The van der Waals surface area contributed by atoms with Gasteiger partial charge >= 0.3 is 0 Å². The number of halogens is 1. The Bertz CT molecular complexity index is 782. The highest BCUT2D eigenvalue weighted by molar-refractivity contribution is 7.91. The fraction of sp³-hybridized carbons (Fsp3) is 0.368. The van der Waals surface area contributed by atoms with E-state index in [1.54, 1.807) is 36.4 Å². The first-order chi connectivity index (χ1) is 12.1. The van der Waals surface area contributed by atoms with E-state index in [1.165, 1.54) is 31.4 Å². The van der Waals surface area contributed by atoms with Crippen LogP contribution in [-0.2, 0) is 9.84 Å². The van der Waals surface area contributed by atoms with E-state index in [1.807, 2.05) is 0 Å². The normalized spacial score (nSPS) is 18.0. The summed E-state index contributed by atoms with van der Waals surface area (Å²) in [5.74, 6) is 0.686. The molecule has 1 heterocycles. The number of benzene rings is 2. The summed E-state index contributed by atoms with van der Waals surface area (Å²) >= 11 is 5.82. The Labute approximate surface area is 154 Å². The van der Waals surface area contributed by atoms with Crippen molar-refractivity contribution in [2.75, 3.05) is 13.2 Å². The van der Waals surface area contributed by atoms with Gasteiger partial charge in [0.15, 0.2) is 0 Å². The van der Waals surface area contributed by atoms with E-state index in [2.05, 4.69) is 5.32 Å². The Morgan fingerprint density at radius 3 is 2.24 bits per heavy atom. The van der Waals surface area contributed by atoms with E-state index in [0.29, 0.717) is 23.4 Å². The summed E-state index contributed by atoms with van der Waals surface area (Å²) in [5.41, 5.74) is 0. The Kier molecular flexibility index (Phi) is 5.99. The van der Waals surface area contributed by atoms with Crippen molar-refractivity contribution in [1.29, 1.82) is 0 Å². The van der Waals surface area contributed by atoms with E-state index in [4.69, 9.17) is 16.3 Å². The molecule has 1 N–H and O–H groups in total. The number of hydrogen-bond donors (Lipinski definition) is 1. The maximum atomic E-state index is 12.6. The number of rotatable bonds is 6. The van der Waals surface area contributed by atoms with Crippen LogP contribution in [0.1, 0.15) is 25.7 Å². The first-order valence-corrected chi connectivity index (χ1v) is 10.4. The smallest absolute Gasteiger partial charge is 0.206 e. The lowest BCUT2D eigenvalue weighted by Gasteiger charge is -2.23. The van der Waals surface area contributed by atoms with E-state index in [9.17, 15) is 8.42 Å². The monoisotopic (exact) mass is 379 g/mol. The van der Waals surface area contributed by atoms with Crippen LogP contribution in [0.3, 0.4) is 0 Å². The minimum atomic E-state index is -3.53. The van der Waals surface area contributed by atoms with Crippen molar-refractivity contribution in [2.24, 2.45) is 0 Å². The summed E-state index contributed by atoms with van der Waals surface area (Å²) in [6, 6.07) is 13.3. The van der Waals surface area contributed by atoms with Gasteiger partial charge in [0, 0.05) is 11.1 Å². The van der Waals surface area contributed by atoms with Crippen LogP contribution in [0, 0.1) is 0 Å². The van der Waals surface area contributed by atoms with Crippen LogP contribution in [0.5, 0.6) is 5.75 Å². The molecule has 6 heteroatoms. The van der Waals surface area contributed by atoms with Gasteiger partial charge in [-0.1, -0.05) is 18.0 Å². The molecule has 1 atom stereocenters. The van der Waals surface area contributed by atoms with Gasteiger partial charge in [0.25, 0.3) is 0 Å². The second-order valence-electron chi connectivity index (χ2n) is 6.21. The Morgan fingerprint density at radius 1 is 1.00 bits per heavy atom. The first-order valence-electron chi connectivity index (χ1n) is 8.52. The standard InChI is InChI=1S/C19H22ClNO3S/c20-15-4-8-18(9-5-15)25(22,23)19-10-6-17(7-11-19)24-14-12-16-3-1-2-13-21-16/h4-11,16,21H,1-3,12-14H2. The zero-order valence-corrected chi connectivity index (χ0v) is 15.5. The fourth-order valence-corrected chi connectivity index (χ4v) is 4.34. The van der Waals surface area contributed by atoms with Crippen molar-refractivity contribution >= 4 is 21.4 Å². The van der Waals surface area contributed by atoms with E-state index in [-0.39, 0.29) is 9.79 Å². The maximum Gasteiger partial charge on any atom is 0.206 e. The van der Waals surface area contributed by atoms with Crippen molar-refractivity contribution < 1.29 is 13.2 Å². The quantitative estimate of drug-likeness (QED) is 0.821. The summed E-state index contributed by atoms with van der Waals surface area (Å²) in [4.78, 5) is 0.477. The van der Waals surface area contributed by atoms with Crippen LogP contribution in [-0.4, -0.2) is 27.6 Å². The largest absolute Gasteiger partial charge is 0.494 e. The van der Waals surface area contributed by atoms with Crippen LogP contribution in [0.15, 0.2) is 58.3 Å². The molecule has 1 fully saturated rings. The third-order valence-electron chi connectivity index (χ3n) is 4.41. The molecule has 0 aliphatic carbocycles. The lowest BCUT2D eigenvalue weighted by Crippen LogP contribution is -2.35. The minimum Gasteiger partial charge on any atom is -0.494 e. The Balaban J connectivity index is 1.60. The van der Waals surface area contributed by atoms with E-state index in [0.717, 1.165) is 13.0 Å². The lowest BCUT2D eigenvalue weighted by atomic mass is 10.0. The van der Waals surface area contributed by atoms with E-state index >= 15 is 0 Å². The molecule has 0 saturated carbocycles. The molecule has 1 aliphatic rings. The summed E-state index contributed by atoms with van der Waals surface area (Å²) < 4.78 is 30.9. The van der Waals surface area contributed by atoms with Crippen LogP contribution >= 0.6 is 11.6 Å². The van der Waals surface area contributed by atoms with Crippen LogP contribution in [0.2, 0.25) is 5.02 Å². The summed E-state index contributed by atoms with van der Waals surface area (Å²) in [6.07, 6.45) is 4.68. The predicted molar refractivity (Wildman–Crippen MR) is 99.1 cm³/mol. The zero-order valence-electron chi connectivity index (χ0n) is 13.9. The zero-order chi connectivity index (χ0) is 17.7. The van der Waals surface area contributed by atoms with Crippen molar-refractivity contribution in [3.05, 3.63) is 53.6 Å². The molecule has 0 spiro atoms. The summed E-state index contributed by atoms with van der Waals surface area (Å²) in [5, 5.41) is 4.00. The predicted octanol–water partition coefficient (Wildman–Crippen LogP) is 4.08. The highest BCUT2D eigenvalue weighted by Gasteiger charge is 2.17. The number of hydrogen-bond acceptors (Lipinski definition) is 4. The molecule has 3 rings (SSSR count). The summed E-state index contributed by atoms with van der Waals surface area (Å²) in [7, 11) is -3.53. The number of nitrogens with one attached hydrogen (secondary N) is 1. The third kappa shape index (κ3) is 4.75. The van der Waals surface area contributed by atoms with Gasteiger partial charge in [0.2, 0.25) is 9.84 Å². The van der Waals surface area contributed by atoms with Gasteiger partial charge in [0.1, 0.15) is 5.75 Å². The molecule has 2 aromatic carbocycles. The maximum absolute atomic E-state index is 12.6. The lowest BCUT2D eigenvalue weighted by molar-refractivity contribution is 0.268. The van der Waals surface area contributed by atoms with E-state index < -0.39 is 9.84 Å². The van der Waals surface area contributed by atoms with Gasteiger partial charge in [-0.3, -0.25) is 0 Å². The highest BCUT2D eigenvalue weighted by Crippen LogP contribution is 2.24. The molecule has 134 valence electrons. The summed E-state index contributed by atoms with van der Waals surface area (Å²) in [6.45, 7) is 1.71. The molecular formula is C19H22ClNO3S.